The minimum Gasteiger partial charge on any atom is -0.475 e. The molecule has 2 aromatic rings. The van der Waals surface area contributed by atoms with Crippen molar-refractivity contribution in [2.24, 2.45) is 0 Å². The maximum Gasteiger partial charge on any atom is 0.490 e. The van der Waals surface area contributed by atoms with Crippen LogP contribution in [0.4, 0.5) is 19.0 Å². The van der Waals surface area contributed by atoms with Crippen LogP contribution < -0.4 is 4.90 Å². The Bertz CT molecular complexity index is 831. The fourth-order valence-electron chi connectivity index (χ4n) is 3.55. The second-order valence-electron chi connectivity index (χ2n) is 7.35. The van der Waals surface area contributed by atoms with Crippen LogP contribution in [0, 0.1) is 0 Å². The van der Waals surface area contributed by atoms with Crippen LogP contribution in [0.25, 0.3) is 0 Å². The minimum absolute atomic E-state index is 0.0295. The summed E-state index contributed by atoms with van der Waals surface area (Å²) in [5.74, 6) is -1.80. The first-order valence-corrected chi connectivity index (χ1v) is 9.73. The quantitative estimate of drug-likeness (QED) is 0.775. The van der Waals surface area contributed by atoms with Crippen LogP contribution in [0.5, 0.6) is 0 Å². The summed E-state index contributed by atoms with van der Waals surface area (Å²) >= 11 is 0. The van der Waals surface area contributed by atoms with Crippen molar-refractivity contribution in [2.45, 2.75) is 43.8 Å². The fourth-order valence-corrected chi connectivity index (χ4v) is 3.55. The number of carboxylic acid groups (broad SMARTS) is 1. The molecule has 1 spiro atoms. The molecule has 2 aliphatic heterocycles. The van der Waals surface area contributed by atoms with Crippen LogP contribution >= 0.6 is 0 Å². The van der Waals surface area contributed by atoms with E-state index in [1.807, 2.05) is 24.5 Å². The zero-order valence-electron chi connectivity index (χ0n) is 16.7. The highest BCUT2D eigenvalue weighted by atomic mass is 19.4. The number of aromatic nitrogens is 3. The predicted molar refractivity (Wildman–Crippen MR) is 103 cm³/mol. The number of ether oxygens (including phenoxy) is 2. The number of aliphatic carboxylic acids is 1. The standard InChI is InChI=1S/C18H22N4O2.C2HF3O2/c1-2-15(11-19-5-1)13-23-16-10-18(24-14-16)3-8-22(9-4-18)17-12-20-6-7-21-17;3-2(4,5)1(6)7/h1-2,5-7,11-12,16H,3-4,8-10,13-14H2;(H,6,7). The average Bonchev–Trinajstić information content (AvgIpc) is 3.16. The van der Waals surface area contributed by atoms with Gasteiger partial charge >= 0.3 is 12.1 Å². The van der Waals surface area contributed by atoms with Gasteiger partial charge in [-0.15, -0.1) is 0 Å². The zero-order valence-corrected chi connectivity index (χ0v) is 16.7. The van der Waals surface area contributed by atoms with Crippen LogP contribution in [0.15, 0.2) is 43.1 Å². The van der Waals surface area contributed by atoms with E-state index in [9.17, 15) is 13.2 Å². The molecule has 8 nitrogen and oxygen atoms in total. The van der Waals surface area contributed by atoms with Gasteiger partial charge in [0, 0.05) is 44.3 Å². The molecule has 0 aliphatic carbocycles. The van der Waals surface area contributed by atoms with Crippen molar-refractivity contribution in [3.8, 4) is 0 Å². The highest BCUT2D eigenvalue weighted by molar-refractivity contribution is 5.73. The summed E-state index contributed by atoms with van der Waals surface area (Å²) in [6, 6.07) is 3.98. The number of alkyl halides is 3. The van der Waals surface area contributed by atoms with Crippen LogP contribution in [-0.2, 0) is 20.9 Å². The van der Waals surface area contributed by atoms with Gasteiger partial charge in [-0.25, -0.2) is 9.78 Å². The Hall–Kier alpha value is -2.79. The van der Waals surface area contributed by atoms with Crippen molar-refractivity contribution in [3.05, 3.63) is 48.7 Å². The molecule has 1 unspecified atom stereocenters. The molecule has 168 valence electrons. The van der Waals surface area contributed by atoms with E-state index in [4.69, 9.17) is 19.4 Å². The van der Waals surface area contributed by atoms with Crippen LogP contribution in [0.2, 0.25) is 0 Å². The summed E-state index contributed by atoms with van der Waals surface area (Å²) < 4.78 is 43.9. The summed E-state index contributed by atoms with van der Waals surface area (Å²) in [5, 5.41) is 7.12. The van der Waals surface area contributed by atoms with Crippen molar-refractivity contribution in [1.29, 1.82) is 0 Å². The number of piperidine rings is 1. The molecule has 0 saturated carbocycles. The third kappa shape index (κ3) is 6.59. The summed E-state index contributed by atoms with van der Waals surface area (Å²) in [7, 11) is 0. The van der Waals surface area contributed by atoms with E-state index in [2.05, 4.69) is 19.9 Å². The predicted octanol–water partition coefficient (Wildman–Crippen LogP) is 2.85. The SMILES string of the molecule is O=C(O)C(F)(F)F.c1cncc(COC2COC3(CCN(c4cnccn4)CC3)C2)c1. The molecule has 31 heavy (non-hydrogen) atoms. The molecular formula is C20H23F3N4O4. The molecular weight excluding hydrogens is 417 g/mol. The second kappa shape index (κ2) is 10.0. The molecule has 1 N–H and O–H groups in total. The van der Waals surface area contributed by atoms with E-state index in [1.54, 1.807) is 18.6 Å². The molecule has 0 amide bonds. The van der Waals surface area contributed by atoms with E-state index in [-0.39, 0.29) is 11.7 Å². The second-order valence-corrected chi connectivity index (χ2v) is 7.35. The lowest BCUT2D eigenvalue weighted by molar-refractivity contribution is -0.192. The summed E-state index contributed by atoms with van der Waals surface area (Å²) in [6.45, 7) is 3.19. The van der Waals surface area contributed by atoms with Gasteiger partial charge < -0.3 is 19.5 Å². The zero-order chi connectivity index (χ0) is 22.3. The van der Waals surface area contributed by atoms with Crippen LogP contribution in [-0.4, -0.2) is 63.6 Å². The van der Waals surface area contributed by atoms with Crippen LogP contribution in [0.1, 0.15) is 24.8 Å². The van der Waals surface area contributed by atoms with Gasteiger partial charge in [-0.1, -0.05) is 6.07 Å². The van der Waals surface area contributed by atoms with E-state index >= 15 is 0 Å². The molecule has 0 bridgehead atoms. The Kier molecular flexibility index (Phi) is 7.39. The van der Waals surface area contributed by atoms with Gasteiger partial charge in [-0.3, -0.25) is 9.97 Å². The van der Waals surface area contributed by atoms with E-state index in [0.717, 1.165) is 43.7 Å². The monoisotopic (exact) mass is 440 g/mol. The topological polar surface area (TPSA) is 97.7 Å². The Morgan fingerprint density at radius 3 is 2.52 bits per heavy atom. The summed E-state index contributed by atoms with van der Waals surface area (Å²) in [4.78, 5) is 23.8. The average molecular weight is 440 g/mol. The highest BCUT2D eigenvalue weighted by Gasteiger charge is 2.43. The maximum absolute atomic E-state index is 10.6. The van der Waals surface area contributed by atoms with E-state index in [0.29, 0.717) is 13.2 Å². The summed E-state index contributed by atoms with van der Waals surface area (Å²) in [5.41, 5.74) is 1.08. The first-order valence-electron chi connectivity index (χ1n) is 9.73. The van der Waals surface area contributed by atoms with Crippen molar-refractivity contribution >= 4 is 11.8 Å². The normalized spacial score (nSPS) is 20.2. The third-order valence-electron chi connectivity index (χ3n) is 5.17. The molecule has 2 aliphatic rings. The van der Waals surface area contributed by atoms with Crippen molar-refractivity contribution < 1.29 is 32.5 Å². The van der Waals surface area contributed by atoms with Gasteiger partial charge in [0.25, 0.3) is 0 Å². The lowest BCUT2D eigenvalue weighted by atomic mass is 9.88. The first kappa shape index (κ1) is 22.9. The molecule has 11 heteroatoms. The lowest BCUT2D eigenvalue weighted by Gasteiger charge is -2.39. The molecule has 2 fully saturated rings. The number of hydrogen-bond acceptors (Lipinski definition) is 7. The Balaban J connectivity index is 0.000000339. The number of halogens is 3. The van der Waals surface area contributed by atoms with Crippen LogP contribution in [0.3, 0.4) is 0 Å². The maximum atomic E-state index is 10.6. The van der Waals surface area contributed by atoms with Gasteiger partial charge in [-0.05, 0) is 24.5 Å². The Morgan fingerprint density at radius 2 is 1.94 bits per heavy atom. The number of rotatable bonds is 4. The van der Waals surface area contributed by atoms with Gasteiger partial charge in [-0.2, -0.15) is 13.2 Å². The molecule has 1 atom stereocenters. The Morgan fingerprint density at radius 1 is 1.23 bits per heavy atom. The van der Waals surface area contributed by atoms with E-state index in [1.165, 1.54) is 0 Å². The first-order chi connectivity index (χ1) is 14.8. The molecule has 0 radical (unpaired) electrons. The number of pyridine rings is 1. The molecule has 4 heterocycles. The smallest absolute Gasteiger partial charge is 0.475 e. The van der Waals surface area contributed by atoms with Crippen molar-refractivity contribution in [2.75, 3.05) is 24.6 Å². The van der Waals surface area contributed by atoms with E-state index < -0.39 is 12.1 Å². The van der Waals surface area contributed by atoms with Gasteiger partial charge in [0.15, 0.2) is 0 Å². The fraction of sp³-hybridized carbons (Fsp3) is 0.500. The number of carboxylic acids is 1. The highest BCUT2D eigenvalue weighted by Crippen LogP contribution is 2.37. The number of carbonyl (C=O) groups is 1. The van der Waals surface area contributed by atoms with Gasteiger partial charge in [0.2, 0.25) is 0 Å². The van der Waals surface area contributed by atoms with Gasteiger partial charge in [0.05, 0.1) is 31.1 Å². The number of anilines is 1. The van der Waals surface area contributed by atoms with Crippen molar-refractivity contribution in [3.63, 3.8) is 0 Å². The molecule has 0 aromatic carbocycles. The third-order valence-corrected chi connectivity index (χ3v) is 5.17. The molecule has 2 saturated heterocycles. The molecule has 4 rings (SSSR count). The Labute approximate surface area is 177 Å². The largest absolute Gasteiger partial charge is 0.490 e. The number of hydrogen-bond donors (Lipinski definition) is 1. The molecule has 2 aromatic heterocycles. The number of nitrogens with zero attached hydrogens (tertiary/aromatic N) is 4. The summed E-state index contributed by atoms with van der Waals surface area (Å²) in [6.07, 6.45) is 7.00. The van der Waals surface area contributed by atoms with Gasteiger partial charge in [0.1, 0.15) is 5.82 Å². The van der Waals surface area contributed by atoms with Crippen molar-refractivity contribution in [1.82, 2.24) is 15.0 Å². The lowest BCUT2D eigenvalue weighted by Crippen LogP contribution is -2.44. The minimum atomic E-state index is -5.08.